The van der Waals surface area contributed by atoms with Crippen LogP contribution in [0, 0.1) is 5.92 Å². The fourth-order valence-corrected chi connectivity index (χ4v) is 3.82. The van der Waals surface area contributed by atoms with E-state index in [2.05, 4.69) is 5.32 Å². The molecule has 0 saturated carbocycles. The largest absolute Gasteiger partial charge is 0.416 e. The quantitative estimate of drug-likeness (QED) is 0.712. The summed E-state index contributed by atoms with van der Waals surface area (Å²) in [5.41, 5.74) is 0.394. The van der Waals surface area contributed by atoms with Crippen LogP contribution < -0.4 is 5.32 Å². The van der Waals surface area contributed by atoms with Crippen molar-refractivity contribution in [3.8, 4) is 0 Å². The normalized spacial score (nSPS) is 23.6. The van der Waals surface area contributed by atoms with Crippen LogP contribution in [0.15, 0.2) is 54.6 Å². The molecule has 3 nitrogen and oxygen atoms in total. The number of benzene rings is 2. The van der Waals surface area contributed by atoms with Crippen molar-refractivity contribution >= 4 is 5.78 Å². The zero-order valence-electron chi connectivity index (χ0n) is 16.6. The number of nitrogens with one attached hydrogen (secondary N) is 1. The molecule has 0 aromatic heterocycles. The lowest BCUT2D eigenvalue weighted by Crippen LogP contribution is -2.53. The molecular formula is C23H26F3NO2. The summed E-state index contributed by atoms with van der Waals surface area (Å²) < 4.78 is 45.1. The average molecular weight is 405 g/mol. The number of hydrogen-bond acceptors (Lipinski definition) is 3. The molecule has 0 spiro atoms. The molecule has 29 heavy (non-hydrogen) atoms. The molecule has 1 fully saturated rings. The van der Waals surface area contributed by atoms with Crippen molar-refractivity contribution in [2.45, 2.75) is 44.5 Å². The van der Waals surface area contributed by atoms with E-state index in [0.717, 1.165) is 30.5 Å². The van der Waals surface area contributed by atoms with E-state index in [9.17, 15) is 18.0 Å². The van der Waals surface area contributed by atoms with Gasteiger partial charge in [-0.3, -0.25) is 4.79 Å². The number of rotatable bonds is 6. The molecule has 1 aliphatic heterocycles. The summed E-state index contributed by atoms with van der Waals surface area (Å²) in [5.74, 6) is 0.144. The highest BCUT2D eigenvalue weighted by atomic mass is 19.4. The summed E-state index contributed by atoms with van der Waals surface area (Å²) in [4.78, 5) is 11.7. The second-order valence-corrected chi connectivity index (χ2v) is 7.75. The van der Waals surface area contributed by atoms with E-state index in [-0.39, 0.29) is 11.7 Å². The van der Waals surface area contributed by atoms with Crippen molar-refractivity contribution in [3.63, 3.8) is 0 Å². The summed E-state index contributed by atoms with van der Waals surface area (Å²) in [6, 6.07) is 15.1. The first-order chi connectivity index (χ1) is 13.7. The molecule has 3 unspecified atom stereocenters. The van der Waals surface area contributed by atoms with Crippen LogP contribution >= 0.6 is 0 Å². The van der Waals surface area contributed by atoms with Crippen LogP contribution in [0.5, 0.6) is 0 Å². The maximum atomic E-state index is 13.0. The van der Waals surface area contributed by atoms with Gasteiger partial charge in [0.05, 0.1) is 23.8 Å². The number of carbonyl (C=O) groups excluding carboxylic acids is 1. The van der Waals surface area contributed by atoms with E-state index in [1.807, 2.05) is 30.3 Å². The van der Waals surface area contributed by atoms with Gasteiger partial charge in [-0.1, -0.05) is 42.5 Å². The van der Waals surface area contributed by atoms with Crippen LogP contribution in [0.1, 0.15) is 49.5 Å². The van der Waals surface area contributed by atoms with Gasteiger partial charge in [0.2, 0.25) is 0 Å². The third-order valence-electron chi connectivity index (χ3n) is 5.77. The monoisotopic (exact) mass is 405 g/mol. The van der Waals surface area contributed by atoms with Crippen LogP contribution in [-0.4, -0.2) is 18.9 Å². The zero-order valence-corrected chi connectivity index (χ0v) is 16.6. The summed E-state index contributed by atoms with van der Waals surface area (Å²) in [6.45, 7) is 4.23. The van der Waals surface area contributed by atoms with E-state index in [1.54, 1.807) is 19.9 Å². The van der Waals surface area contributed by atoms with E-state index >= 15 is 0 Å². The summed E-state index contributed by atoms with van der Waals surface area (Å²) >= 11 is 0. The number of Topliss-reactive ketones (excluding diaryl/α,β-unsaturated/α-hetero) is 1. The van der Waals surface area contributed by atoms with E-state index in [0.29, 0.717) is 18.7 Å². The summed E-state index contributed by atoms with van der Waals surface area (Å²) in [6.07, 6.45) is -3.41. The van der Waals surface area contributed by atoms with Gasteiger partial charge in [0.15, 0.2) is 0 Å². The number of carbonyl (C=O) groups is 1. The molecule has 2 aromatic rings. The van der Waals surface area contributed by atoms with Crippen molar-refractivity contribution in [3.05, 3.63) is 71.3 Å². The lowest BCUT2D eigenvalue weighted by molar-refractivity contribution is -0.137. The Morgan fingerprint density at radius 3 is 2.52 bits per heavy atom. The Kier molecular flexibility index (Phi) is 6.44. The van der Waals surface area contributed by atoms with Crippen LogP contribution in [0.2, 0.25) is 0 Å². The molecule has 0 amide bonds. The van der Waals surface area contributed by atoms with E-state index in [1.165, 1.54) is 6.07 Å². The van der Waals surface area contributed by atoms with Gasteiger partial charge in [-0.05, 0) is 49.9 Å². The molecule has 3 atom stereocenters. The first-order valence-electron chi connectivity index (χ1n) is 9.81. The Labute approximate surface area is 169 Å². The van der Waals surface area contributed by atoms with Gasteiger partial charge >= 0.3 is 6.18 Å². The minimum Gasteiger partial charge on any atom is -0.372 e. The van der Waals surface area contributed by atoms with Crippen LogP contribution in [0.4, 0.5) is 13.2 Å². The fourth-order valence-electron chi connectivity index (χ4n) is 3.82. The highest BCUT2D eigenvalue weighted by Crippen LogP contribution is 2.35. The first-order valence-corrected chi connectivity index (χ1v) is 9.81. The Balaban J connectivity index is 1.77. The van der Waals surface area contributed by atoms with Crippen molar-refractivity contribution in [1.82, 2.24) is 5.32 Å². The van der Waals surface area contributed by atoms with Crippen molar-refractivity contribution < 1.29 is 22.7 Å². The highest BCUT2D eigenvalue weighted by Gasteiger charge is 2.38. The molecule has 1 saturated heterocycles. The van der Waals surface area contributed by atoms with E-state index < -0.39 is 23.4 Å². The maximum Gasteiger partial charge on any atom is 0.416 e. The number of ether oxygens (including phenoxy) is 1. The molecule has 1 heterocycles. The second-order valence-electron chi connectivity index (χ2n) is 7.75. The number of ketones is 1. The van der Waals surface area contributed by atoms with Gasteiger partial charge in [-0.25, -0.2) is 0 Å². The minimum atomic E-state index is -4.38. The van der Waals surface area contributed by atoms with Gasteiger partial charge in [-0.15, -0.1) is 0 Å². The van der Waals surface area contributed by atoms with Gasteiger partial charge in [0, 0.05) is 12.5 Å². The molecule has 3 rings (SSSR count). The number of halogens is 3. The van der Waals surface area contributed by atoms with Gasteiger partial charge < -0.3 is 10.1 Å². The summed E-state index contributed by atoms with van der Waals surface area (Å²) in [5, 5.41) is 3.50. The average Bonchev–Trinajstić information content (AvgIpc) is 2.72. The Hall–Kier alpha value is -2.18. The molecule has 0 radical (unpaired) electrons. The molecule has 1 aliphatic rings. The highest BCUT2D eigenvalue weighted by molar-refractivity contribution is 5.78. The Morgan fingerprint density at radius 1 is 1.21 bits per heavy atom. The lowest BCUT2D eigenvalue weighted by atomic mass is 9.78. The SMILES string of the molecule is CC(=O)C1CCC(COC(C)c2cccc(C(F)(F)F)c2)(c2ccccc2)NC1. The molecular weight excluding hydrogens is 379 g/mol. The molecule has 0 aliphatic carbocycles. The maximum absolute atomic E-state index is 13.0. The standard InChI is InChI=1S/C23H26F3NO2/c1-16(28)19-11-12-22(27-14-19,20-8-4-3-5-9-20)15-29-17(2)18-7-6-10-21(13-18)23(24,25)26/h3-10,13,17,19,27H,11-12,14-15H2,1-2H3. The molecule has 156 valence electrons. The molecule has 2 aromatic carbocycles. The second kappa shape index (κ2) is 8.67. The number of hydrogen-bond donors (Lipinski definition) is 1. The van der Waals surface area contributed by atoms with Crippen LogP contribution in [0.3, 0.4) is 0 Å². The molecule has 1 N–H and O–H groups in total. The molecule has 6 heteroatoms. The fraction of sp³-hybridized carbons (Fsp3) is 0.435. The Morgan fingerprint density at radius 2 is 1.93 bits per heavy atom. The third-order valence-corrected chi connectivity index (χ3v) is 5.77. The predicted octanol–water partition coefficient (Wildman–Crippen LogP) is 5.27. The number of piperidine rings is 1. The predicted molar refractivity (Wildman–Crippen MR) is 105 cm³/mol. The van der Waals surface area contributed by atoms with Crippen LogP contribution in [0.25, 0.3) is 0 Å². The van der Waals surface area contributed by atoms with Gasteiger partial charge in [0.1, 0.15) is 5.78 Å². The van der Waals surface area contributed by atoms with Crippen molar-refractivity contribution in [2.75, 3.05) is 13.2 Å². The summed E-state index contributed by atoms with van der Waals surface area (Å²) in [7, 11) is 0. The smallest absolute Gasteiger partial charge is 0.372 e. The van der Waals surface area contributed by atoms with Gasteiger partial charge in [-0.2, -0.15) is 13.2 Å². The molecule has 0 bridgehead atoms. The lowest BCUT2D eigenvalue weighted by Gasteiger charge is -2.41. The van der Waals surface area contributed by atoms with Crippen LogP contribution in [-0.2, 0) is 21.2 Å². The van der Waals surface area contributed by atoms with Crippen molar-refractivity contribution in [1.29, 1.82) is 0 Å². The number of alkyl halides is 3. The minimum absolute atomic E-state index is 0.0206. The van der Waals surface area contributed by atoms with Gasteiger partial charge in [0.25, 0.3) is 0 Å². The zero-order chi connectivity index (χ0) is 21.1. The topological polar surface area (TPSA) is 38.3 Å². The Bertz CT molecular complexity index is 828. The van der Waals surface area contributed by atoms with E-state index in [4.69, 9.17) is 4.74 Å². The van der Waals surface area contributed by atoms with Crippen molar-refractivity contribution in [2.24, 2.45) is 5.92 Å². The third kappa shape index (κ3) is 5.06. The first kappa shape index (κ1) is 21.5.